The number of hydrogen-bond donors (Lipinski definition) is 1. The Labute approximate surface area is 109 Å². The van der Waals surface area contributed by atoms with Crippen molar-refractivity contribution in [3.8, 4) is 11.1 Å². The van der Waals surface area contributed by atoms with Crippen LogP contribution in [0.25, 0.3) is 11.1 Å². The second-order valence-corrected chi connectivity index (χ2v) is 4.00. The van der Waals surface area contributed by atoms with Gasteiger partial charge in [0, 0.05) is 17.5 Å². The molecule has 2 heteroatoms. The number of pyridine rings is 1. The molecule has 0 aliphatic rings. The van der Waals surface area contributed by atoms with E-state index in [9.17, 15) is 0 Å². The first-order valence-corrected chi connectivity index (χ1v) is 6.34. The third kappa shape index (κ3) is 3.41. The van der Waals surface area contributed by atoms with Crippen molar-refractivity contribution in [3.05, 3.63) is 53.3 Å². The molecule has 1 N–H and O–H groups in total. The van der Waals surface area contributed by atoms with Crippen LogP contribution >= 0.6 is 0 Å². The first-order chi connectivity index (χ1) is 8.70. The molecule has 0 radical (unpaired) electrons. The van der Waals surface area contributed by atoms with E-state index >= 15 is 0 Å². The lowest BCUT2D eigenvalue weighted by molar-refractivity contribution is 0.282. The monoisotopic (exact) mass is 243 g/mol. The maximum atomic E-state index is 9.12. The van der Waals surface area contributed by atoms with E-state index in [-0.39, 0.29) is 6.61 Å². The van der Waals surface area contributed by atoms with E-state index < -0.39 is 0 Å². The number of nitrogens with zero attached hydrogens (tertiary/aromatic N) is 1. The SMILES string of the molecule is CC.Cc1cnc(C)c(-c2cccc(CO)c2)c1. The average Bonchev–Trinajstić information content (AvgIpc) is 2.44. The van der Waals surface area contributed by atoms with Gasteiger partial charge >= 0.3 is 0 Å². The molecule has 1 aromatic carbocycles. The minimum Gasteiger partial charge on any atom is -0.392 e. The number of aliphatic hydroxyl groups is 1. The van der Waals surface area contributed by atoms with E-state index in [1.807, 2.05) is 58.2 Å². The van der Waals surface area contributed by atoms with Crippen molar-refractivity contribution in [2.24, 2.45) is 0 Å². The summed E-state index contributed by atoms with van der Waals surface area (Å²) in [6.07, 6.45) is 1.87. The van der Waals surface area contributed by atoms with Crippen molar-refractivity contribution in [2.75, 3.05) is 0 Å². The molecule has 0 unspecified atom stereocenters. The van der Waals surface area contributed by atoms with Gasteiger partial charge in [-0.2, -0.15) is 0 Å². The van der Waals surface area contributed by atoms with Gasteiger partial charge in [-0.05, 0) is 42.7 Å². The van der Waals surface area contributed by atoms with Gasteiger partial charge in [-0.25, -0.2) is 0 Å². The van der Waals surface area contributed by atoms with Crippen molar-refractivity contribution in [1.82, 2.24) is 4.98 Å². The van der Waals surface area contributed by atoms with Crippen LogP contribution < -0.4 is 0 Å². The molecule has 0 fully saturated rings. The molecule has 96 valence electrons. The molecule has 2 nitrogen and oxygen atoms in total. The third-order valence-electron chi connectivity index (χ3n) is 2.64. The van der Waals surface area contributed by atoms with Gasteiger partial charge in [0.2, 0.25) is 0 Å². The predicted molar refractivity (Wildman–Crippen MR) is 76.4 cm³/mol. The molecule has 2 aromatic rings. The van der Waals surface area contributed by atoms with E-state index in [1.165, 1.54) is 0 Å². The number of aromatic nitrogens is 1. The lowest BCUT2D eigenvalue weighted by Gasteiger charge is -2.07. The summed E-state index contributed by atoms with van der Waals surface area (Å²) in [4.78, 5) is 4.35. The predicted octanol–water partition coefficient (Wildman–Crippen LogP) is 3.88. The summed E-state index contributed by atoms with van der Waals surface area (Å²) >= 11 is 0. The third-order valence-corrected chi connectivity index (χ3v) is 2.64. The quantitative estimate of drug-likeness (QED) is 0.868. The fourth-order valence-corrected chi connectivity index (χ4v) is 1.77. The van der Waals surface area contributed by atoms with Crippen LogP contribution in [0.15, 0.2) is 36.5 Å². The van der Waals surface area contributed by atoms with E-state index in [4.69, 9.17) is 5.11 Å². The lowest BCUT2D eigenvalue weighted by atomic mass is 10.0. The zero-order valence-corrected chi connectivity index (χ0v) is 11.6. The van der Waals surface area contributed by atoms with Crippen LogP contribution in [0.4, 0.5) is 0 Å². The summed E-state index contributed by atoms with van der Waals surface area (Å²) in [6, 6.07) is 10.1. The van der Waals surface area contributed by atoms with Crippen LogP contribution in [0.1, 0.15) is 30.7 Å². The second-order valence-electron chi connectivity index (χ2n) is 4.00. The molecule has 0 amide bonds. The summed E-state index contributed by atoms with van der Waals surface area (Å²) in [6.45, 7) is 8.11. The molecular formula is C16H21NO. The van der Waals surface area contributed by atoms with Gasteiger partial charge in [0.05, 0.1) is 6.61 Å². The average molecular weight is 243 g/mol. The molecule has 0 aliphatic heterocycles. The zero-order valence-electron chi connectivity index (χ0n) is 11.6. The highest BCUT2D eigenvalue weighted by Crippen LogP contribution is 2.23. The van der Waals surface area contributed by atoms with Crippen LogP contribution in [0.2, 0.25) is 0 Å². The second kappa shape index (κ2) is 6.92. The molecule has 0 aliphatic carbocycles. The van der Waals surface area contributed by atoms with Crippen LogP contribution in [-0.2, 0) is 6.61 Å². The fourth-order valence-electron chi connectivity index (χ4n) is 1.77. The smallest absolute Gasteiger partial charge is 0.0682 e. The summed E-state index contributed by atoms with van der Waals surface area (Å²) in [5, 5.41) is 9.12. The van der Waals surface area contributed by atoms with E-state index in [1.54, 1.807) is 0 Å². The van der Waals surface area contributed by atoms with Gasteiger partial charge in [-0.1, -0.05) is 32.0 Å². The van der Waals surface area contributed by atoms with Crippen molar-refractivity contribution in [1.29, 1.82) is 0 Å². The Morgan fingerprint density at radius 2 is 1.83 bits per heavy atom. The Balaban J connectivity index is 0.000000771. The Morgan fingerprint density at radius 3 is 2.50 bits per heavy atom. The number of aliphatic hydroxyl groups excluding tert-OH is 1. The molecule has 18 heavy (non-hydrogen) atoms. The summed E-state index contributed by atoms with van der Waals surface area (Å²) in [5.74, 6) is 0. The first-order valence-electron chi connectivity index (χ1n) is 6.34. The topological polar surface area (TPSA) is 33.1 Å². The van der Waals surface area contributed by atoms with Gasteiger partial charge in [-0.3, -0.25) is 4.98 Å². The molecule has 0 atom stereocenters. The van der Waals surface area contributed by atoms with Crippen molar-refractivity contribution in [2.45, 2.75) is 34.3 Å². The Bertz CT molecular complexity index is 506. The number of hydrogen-bond acceptors (Lipinski definition) is 2. The standard InChI is InChI=1S/C14H15NO.C2H6/c1-10-6-14(11(2)15-8-10)13-5-3-4-12(7-13)9-16;1-2/h3-8,16H,9H2,1-2H3;1-2H3. The number of aryl methyl sites for hydroxylation is 2. The number of rotatable bonds is 2. The Hall–Kier alpha value is -1.67. The molecule has 1 heterocycles. The highest BCUT2D eigenvalue weighted by atomic mass is 16.3. The highest BCUT2D eigenvalue weighted by Gasteiger charge is 2.03. The van der Waals surface area contributed by atoms with Gasteiger partial charge in [0.25, 0.3) is 0 Å². The normalized spacial score (nSPS) is 9.61. The molecule has 1 aromatic heterocycles. The minimum absolute atomic E-state index is 0.0755. The zero-order chi connectivity index (χ0) is 13.5. The molecule has 0 saturated carbocycles. The van der Waals surface area contributed by atoms with E-state index in [0.717, 1.165) is 27.9 Å². The lowest BCUT2D eigenvalue weighted by Crippen LogP contribution is -1.90. The summed E-state index contributed by atoms with van der Waals surface area (Å²) in [5.41, 5.74) is 5.34. The molecule has 2 rings (SSSR count). The summed E-state index contributed by atoms with van der Waals surface area (Å²) < 4.78 is 0. The van der Waals surface area contributed by atoms with Crippen molar-refractivity contribution in [3.63, 3.8) is 0 Å². The van der Waals surface area contributed by atoms with Crippen LogP contribution in [-0.4, -0.2) is 10.1 Å². The molecule has 0 spiro atoms. The van der Waals surface area contributed by atoms with Crippen molar-refractivity contribution < 1.29 is 5.11 Å². The molecule has 0 bridgehead atoms. The van der Waals surface area contributed by atoms with Crippen molar-refractivity contribution >= 4 is 0 Å². The highest BCUT2D eigenvalue weighted by molar-refractivity contribution is 5.66. The van der Waals surface area contributed by atoms with Crippen LogP contribution in [0.5, 0.6) is 0 Å². The van der Waals surface area contributed by atoms with Gasteiger partial charge in [0.15, 0.2) is 0 Å². The van der Waals surface area contributed by atoms with E-state index in [2.05, 4.69) is 11.1 Å². The number of benzene rings is 1. The molecule has 0 saturated heterocycles. The maximum absolute atomic E-state index is 9.12. The van der Waals surface area contributed by atoms with Crippen LogP contribution in [0.3, 0.4) is 0 Å². The Morgan fingerprint density at radius 1 is 1.11 bits per heavy atom. The largest absolute Gasteiger partial charge is 0.392 e. The first kappa shape index (κ1) is 14.4. The van der Waals surface area contributed by atoms with Crippen LogP contribution in [0, 0.1) is 13.8 Å². The summed E-state index contributed by atoms with van der Waals surface area (Å²) in [7, 11) is 0. The van der Waals surface area contributed by atoms with Gasteiger partial charge in [0.1, 0.15) is 0 Å². The van der Waals surface area contributed by atoms with Gasteiger partial charge in [-0.15, -0.1) is 0 Å². The minimum atomic E-state index is 0.0755. The van der Waals surface area contributed by atoms with Gasteiger partial charge < -0.3 is 5.11 Å². The maximum Gasteiger partial charge on any atom is 0.0682 e. The fraction of sp³-hybridized carbons (Fsp3) is 0.312. The van der Waals surface area contributed by atoms with E-state index in [0.29, 0.717) is 0 Å². The Kier molecular flexibility index (Phi) is 5.53. The molecular weight excluding hydrogens is 222 g/mol.